The van der Waals surface area contributed by atoms with Crippen molar-refractivity contribution in [3.05, 3.63) is 18.3 Å². The molecule has 7 heteroatoms. The number of carbonyl (C=O) groups is 2. The van der Waals surface area contributed by atoms with Crippen LogP contribution in [0.25, 0.3) is 0 Å². The first kappa shape index (κ1) is 19.7. The van der Waals surface area contributed by atoms with Crippen LogP contribution < -0.4 is 15.4 Å². The summed E-state index contributed by atoms with van der Waals surface area (Å²) in [6.07, 6.45) is 0.871. The molecule has 0 bridgehead atoms. The van der Waals surface area contributed by atoms with Crippen molar-refractivity contribution in [3.8, 4) is 5.88 Å². The average molecular weight is 337 g/mol. The van der Waals surface area contributed by atoms with Gasteiger partial charge < -0.3 is 20.1 Å². The van der Waals surface area contributed by atoms with Crippen LogP contribution in [0.2, 0.25) is 0 Å². The van der Waals surface area contributed by atoms with Gasteiger partial charge in [-0.3, -0.25) is 4.79 Å². The molecule has 7 nitrogen and oxygen atoms in total. The largest absolute Gasteiger partial charge is 0.475 e. The Morgan fingerprint density at radius 1 is 1.12 bits per heavy atom. The highest BCUT2D eigenvalue weighted by molar-refractivity contribution is 5.99. The first-order valence-corrected chi connectivity index (χ1v) is 7.84. The number of hydrogen-bond donors (Lipinski definition) is 2. The molecule has 0 radical (unpaired) electrons. The maximum absolute atomic E-state index is 12.4. The Kier molecular flexibility index (Phi) is 6.17. The topological polar surface area (TPSA) is 89.6 Å². The minimum Gasteiger partial charge on any atom is -0.475 e. The number of carbonyl (C=O) groups excluding carboxylic acids is 2. The van der Waals surface area contributed by atoms with Crippen LogP contribution in [0.3, 0.4) is 0 Å². The number of aromatic nitrogens is 1. The number of nitrogens with zero attached hydrogens (tertiary/aromatic N) is 1. The fourth-order valence-electron chi connectivity index (χ4n) is 1.67. The van der Waals surface area contributed by atoms with Crippen molar-refractivity contribution in [2.24, 2.45) is 0 Å². The van der Waals surface area contributed by atoms with Crippen molar-refractivity contribution in [3.63, 3.8) is 0 Å². The molecule has 0 saturated heterocycles. The summed E-state index contributed by atoms with van der Waals surface area (Å²) in [7, 11) is 0. The van der Waals surface area contributed by atoms with Gasteiger partial charge >= 0.3 is 6.09 Å². The van der Waals surface area contributed by atoms with E-state index >= 15 is 0 Å². The van der Waals surface area contributed by atoms with Crippen LogP contribution >= 0.6 is 0 Å². The second kappa shape index (κ2) is 7.51. The molecule has 1 rings (SSSR count). The number of pyridine rings is 1. The smallest absolute Gasteiger partial charge is 0.408 e. The predicted molar refractivity (Wildman–Crippen MR) is 92.1 cm³/mol. The molecule has 0 aliphatic carbocycles. The van der Waals surface area contributed by atoms with Crippen molar-refractivity contribution in [2.75, 3.05) is 5.32 Å². The van der Waals surface area contributed by atoms with Crippen molar-refractivity contribution < 1.29 is 19.1 Å². The Morgan fingerprint density at radius 2 is 1.75 bits per heavy atom. The first-order chi connectivity index (χ1) is 10.9. The van der Waals surface area contributed by atoms with E-state index in [0.29, 0.717) is 11.6 Å². The number of hydrogen-bond acceptors (Lipinski definition) is 5. The lowest BCUT2D eigenvalue weighted by atomic mass is 10.0. The minimum absolute atomic E-state index is 0.0231. The van der Waals surface area contributed by atoms with Crippen LogP contribution in [0, 0.1) is 0 Å². The fourth-order valence-corrected chi connectivity index (χ4v) is 1.67. The van der Waals surface area contributed by atoms with Crippen LogP contribution in [0.15, 0.2) is 18.3 Å². The third kappa shape index (κ3) is 6.85. The third-order valence-electron chi connectivity index (χ3n) is 2.73. The van der Waals surface area contributed by atoms with Gasteiger partial charge in [-0.25, -0.2) is 9.78 Å². The average Bonchev–Trinajstić information content (AvgIpc) is 2.37. The molecule has 1 aromatic rings. The molecule has 1 aromatic heterocycles. The number of nitrogens with one attached hydrogen (secondary N) is 2. The lowest BCUT2D eigenvalue weighted by Crippen LogP contribution is -2.53. The number of anilines is 1. The van der Waals surface area contributed by atoms with Gasteiger partial charge in [-0.15, -0.1) is 0 Å². The van der Waals surface area contributed by atoms with Crippen LogP contribution in [0.5, 0.6) is 5.88 Å². The molecule has 0 fully saturated rings. The van der Waals surface area contributed by atoms with E-state index in [1.165, 1.54) is 6.20 Å². The van der Waals surface area contributed by atoms with Crippen molar-refractivity contribution in [1.82, 2.24) is 10.3 Å². The molecule has 0 aliphatic rings. The van der Waals surface area contributed by atoms with E-state index in [2.05, 4.69) is 15.6 Å². The minimum atomic E-state index is -1.14. The van der Waals surface area contributed by atoms with Crippen molar-refractivity contribution in [2.45, 2.75) is 65.7 Å². The predicted octanol–water partition coefficient (Wildman–Crippen LogP) is 3.11. The summed E-state index contributed by atoms with van der Waals surface area (Å²) in [4.78, 5) is 28.3. The van der Waals surface area contributed by atoms with Gasteiger partial charge in [-0.1, -0.05) is 0 Å². The standard InChI is InChI=1S/C17H27N3O4/c1-11(2)23-13-9-8-12(10-18-13)19-14(21)17(6,7)20-15(22)24-16(3,4)5/h8-11H,1-7H3,(H,19,21)(H,20,22). The van der Waals surface area contributed by atoms with E-state index in [-0.39, 0.29) is 12.0 Å². The highest BCUT2D eigenvalue weighted by Crippen LogP contribution is 2.15. The summed E-state index contributed by atoms with van der Waals surface area (Å²) < 4.78 is 10.6. The normalized spacial score (nSPS) is 11.8. The molecule has 0 aliphatic heterocycles. The molecular weight excluding hydrogens is 310 g/mol. The zero-order chi connectivity index (χ0) is 18.5. The van der Waals surface area contributed by atoms with Crippen molar-refractivity contribution >= 4 is 17.7 Å². The highest BCUT2D eigenvalue weighted by Gasteiger charge is 2.31. The second-order valence-electron chi connectivity index (χ2n) is 7.26. The third-order valence-corrected chi connectivity index (χ3v) is 2.73. The first-order valence-electron chi connectivity index (χ1n) is 7.84. The van der Waals surface area contributed by atoms with E-state index in [9.17, 15) is 9.59 Å². The molecule has 1 heterocycles. The van der Waals surface area contributed by atoms with Gasteiger partial charge in [0.1, 0.15) is 11.1 Å². The van der Waals surface area contributed by atoms with Crippen LogP contribution in [0.4, 0.5) is 10.5 Å². The SMILES string of the molecule is CC(C)Oc1ccc(NC(=O)C(C)(C)NC(=O)OC(C)(C)C)cn1. The quantitative estimate of drug-likeness (QED) is 0.861. The molecule has 134 valence electrons. The number of ether oxygens (including phenoxy) is 2. The van der Waals surface area contributed by atoms with Crippen molar-refractivity contribution in [1.29, 1.82) is 0 Å². The summed E-state index contributed by atoms with van der Waals surface area (Å²) >= 11 is 0. The van der Waals surface area contributed by atoms with Crippen LogP contribution in [0.1, 0.15) is 48.5 Å². The highest BCUT2D eigenvalue weighted by atomic mass is 16.6. The van der Waals surface area contributed by atoms with E-state index in [1.54, 1.807) is 46.8 Å². The number of alkyl carbamates (subject to hydrolysis) is 1. The zero-order valence-electron chi connectivity index (χ0n) is 15.4. The molecule has 0 atom stereocenters. The summed E-state index contributed by atoms with van der Waals surface area (Å²) in [5.41, 5.74) is -1.27. The molecule has 0 aromatic carbocycles. The monoisotopic (exact) mass is 337 g/mol. The fraction of sp³-hybridized carbons (Fsp3) is 0.588. The zero-order valence-corrected chi connectivity index (χ0v) is 15.4. The molecule has 2 amide bonds. The van der Waals surface area contributed by atoms with Crippen LogP contribution in [-0.4, -0.2) is 34.2 Å². The Morgan fingerprint density at radius 3 is 2.21 bits per heavy atom. The summed E-state index contributed by atoms with van der Waals surface area (Å²) in [5.74, 6) is 0.0989. The molecule has 0 unspecified atom stereocenters. The maximum Gasteiger partial charge on any atom is 0.408 e. The van der Waals surface area contributed by atoms with E-state index in [1.807, 2.05) is 13.8 Å². The Balaban J connectivity index is 2.66. The molecule has 24 heavy (non-hydrogen) atoms. The van der Waals surface area contributed by atoms with Gasteiger partial charge in [0.05, 0.1) is 18.0 Å². The Labute approximate surface area is 143 Å². The molecule has 2 N–H and O–H groups in total. The van der Waals surface area contributed by atoms with Gasteiger partial charge in [0.15, 0.2) is 0 Å². The van der Waals surface area contributed by atoms with Gasteiger partial charge in [0.25, 0.3) is 0 Å². The summed E-state index contributed by atoms with van der Waals surface area (Å²) in [5, 5.41) is 5.26. The van der Waals surface area contributed by atoms with E-state index in [4.69, 9.17) is 9.47 Å². The second-order valence-corrected chi connectivity index (χ2v) is 7.26. The molecule has 0 saturated carbocycles. The van der Waals surface area contributed by atoms with Gasteiger partial charge in [-0.2, -0.15) is 0 Å². The number of amides is 2. The summed E-state index contributed by atoms with van der Waals surface area (Å²) in [6, 6.07) is 3.36. The molecular formula is C17H27N3O4. The van der Waals surface area contributed by atoms with E-state index in [0.717, 1.165) is 0 Å². The van der Waals surface area contributed by atoms with Crippen LogP contribution in [-0.2, 0) is 9.53 Å². The Bertz CT molecular complexity index is 574. The van der Waals surface area contributed by atoms with Gasteiger partial charge in [0.2, 0.25) is 11.8 Å². The van der Waals surface area contributed by atoms with E-state index < -0.39 is 17.2 Å². The van der Waals surface area contributed by atoms with Gasteiger partial charge in [0, 0.05) is 6.07 Å². The lowest BCUT2D eigenvalue weighted by Gasteiger charge is -2.27. The number of rotatable bonds is 5. The lowest BCUT2D eigenvalue weighted by molar-refractivity contribution is -0.121. The van der Waals surface area contributed by atoms with Gasteiger partial charge in [-0.05, 0) is 54.5 Å². The Hall–Kier alpha value is -2.31. The summed E-state index contributed by atoms with van der Waals surface area (Å²) in [6.45, 7) is 12.3. The molecule has 0 spiro atoms. The maximum atomic E-state index is 12.4.